The molecular formula is C12H16N2O2. The fourth-order valence-electron chi connectivity index (χ4n) is 2.25. The first-order chi connectivity index (χ1) is 7.50. The molecule has 1 aliphatic rings. The quantitative estimate of drug-likeness (QED) is 0.584. The minimum Gasteiger partial charge on any atom is -0.385 e. The van der Waals surface area contributed by atoms with Gasteiger partial charge in [0, 0.05) is 24.4 Å². The maximum Gasteiger partial charge on any atom is 0.269 e. The molecule has 1 aromatic carbocycles. The van der Waals surface area contributed by atoms with E-state index in [0.29, 0.717) is 0 Å². The summed E-state index contributed by atoms with van der Waals surface area (Å²) < 4.78 is 0. The Balaban J connectivity index is 2.53. The minimum absolute atomic E-state index is 0.00481. The van der Waals surface area contributed by atoms with Gasteiger partial charge in [0.15, 0.2) is 0 Å². The number of benzene rings is 1. The molecule has 0 atom stereocenters. The van der Waals surface area contributed by atoms with Gasteiger partial charge in [-0.25, -0.2) is 0 Å². The molecule has 1 heterocycles. The van der Waals surface area contributed by atoms with Crippen LogP contribution in [0.3, 0.4) is 0 Å². The SMILES string of the molecule is CC1(C)CCCNc2ccc([N+](=O)[O-])cc21. The Labute approximate surface area is 94.8 Å². The highest BCUT2D eigenvalue weighted by Crippen LogP contribution is 2.38. The Morgan fingerprint density at radius 2 is 2.19 bits per heavy atom. The van der Waals surface area contributed by atoms with Crippen LogP contribution in [0, 0.1) is 10.1 Å². The first-order valence-electron chi connectivity index (χ1n) is 5.53. The van der Waals surface area contributed by atoms with E-state index in [1.54, 1.807) is 12.1 Å². The molecule has 0 radical (unpaired) electrons. The molecular weight excluding hydrogens is 204 g/mol. The fraction of sp³-hybridized carbons (Fsp3) is 0.500. The number of fused-ring (bicyclic) bond motifs is 1. The van der Waals surface area contributed by atoms with Crippen LogP contribution in [0.15, 0.2) is 18.2 Å². The third kappa shape index (κ3) is 1.87. The van der Waals surface area contributed by atoms with Crippen LogP contribution in [0.25, 0.3) is 0 Å². The average molecular weight is 220 g/mol. The smallest absolute Gasteiger partial charge is 0.269 e. The number of nitro benzene ring substituents is 1. The van der Waals surface area contributed by atoms with Crippen LogP contribution in [0.4, 0.5) is 11.4 Å². The molecule has 0 bridgehead atoms. The van der Waals surface area contributed by atoms with E-state index < -0.39 is 0 Å². The largest absolute Gasteiger partial charge is 0.385 e. The molecule has 0 saturated heterocycles. The molecule has 4 heteroatoms. The molecule has 1 aliphatic heterocycles. The minimum atomic E-state index is -0.332. The topological polar surface area (TPSA) is 55.2 Å². The number of nitrogens with zero attached hydrogens (tertiary/aromatic N) is 1. The number of hydrogen-bond donors (Lipinski definition) is 1. The Morgan fingerprint density at radius 3 is 2.88 bits per heavy atom. The molecule has 16 heavy (non-hydrogen) atoms. The van der Waals surface area contributed by atoms with Crippen LogP contribution in [-0.4, -0.2) is 11.5 Å². The summed E-state index contributed by atoms with van der Waals surface area (Å²) in [5.74, 6) is 0. The van der Waals surface area contributed by atoms with Crippen molar-refractivity contribution in [3.8, 4) is 0 Å². The lowest BCUT2D eigenvalue weighted by Gasteiger charge is -2.24. The van der Waals surface area contributed by atoms with Crippen molar-refractivity contribution in [2.45, 2.75) is 32.1 Å². The zero-order valence-electron chi connectivity index (χ0n) is 9.62. The standard InChI is InChI=1S/C12H16N2O2/c1-12(2)6-3-7-13-11-5-4-9(14(15)16)8-10(11)12/h4-5,8,13H,3,6-7H2,1-2H3. The zero-order chi connectivity index (χ0) is 11.8. The second kappa shape index (κ2) is 3.77. The summed E-state index contributed by atoms with van der Waals surface area (Å²) in [5.41, 5.74) is 2.27. The fourth-order valence-corrected chi connectivity index (χ4v) is 2.25. The van der Waals surface area contributed by atoms with E-state index >= 15 is 0 Å². The van der Waals surface area contributed by atoms with Gasteiger partial charge in [-0.1, -0.05) is 13.8 Å². The van der Waals surface area contributed by atoms with Crippen LogP contribution in [0.2, 0.25) is 0 Å². The van der Waals surface area contributed by atoms with Crippen LogP contribution in [0.5, 0.6) is 0 Å². The van der Waals surface area contributed by atoms with Gasteiger partial charge >= 0.3 is 0 Å². The summed E-state index contributed by atoms with van der Waals surface area (Å²) in [6, 6.07) is 5.08. The van der Waals surface area contributed by atoms with Gasteiger partial charge in [-0.2, -0.15) is 0 Å². The number of hydrogen-bond acceptors (Lipinski definition) is 3. The second-order valence-corrected chi connectivity index (χ2v) is 4.90. The maximum atomic E-state index is 10.8. The molecule has 1 aromatic rings. The molecule has 0 aliphatic carbocycles. The summed E-state index contributed by atoms with van der Waals surface area (Å²) in [6.07, 6.45) is 2.14. The number of non-ortho nitro benzene ring substituents is 1. The van der Waals surface area contributed by atoms with Gasteiger partial charge in [-0.3, -0.25) is 10.1 Å². The highest BCUT2D eigenvalue weighted by atomic mass is 16.6. The van der Waals surface area contributed by atoms with Crippen LogP contribution in [0.1, 0.15) is 32.3 Å². The average Bonchev–Trinajstić information content (AvgIpc) is 2.37. The van der Waals surface area contributed by atoms with Gasteiger partial charge < -0.3 is 5.32 Å². The Hall–Kier alpha value is -1.58. The van der Waals surface area contributed by atoms with Crippen molar-refractivity contribution < 1.29 is 4.92 Å². The Morgan fingerprint density at radius 1 is 1.44 bits per heavy atom. The van der Waals surface area contributed by atoms with E-state index in [2.05, 4.69) is 19.2 Å². The van der Waals surface area contributed by atoms with Crippen molar-refractivity contribution >= 4 is 11.4 Å². The summed E-state index contributed by atoms with van der Waals surface area (Å²) in [5, 5.41) is 14.1. The zero-order valence-corrected chi connectivity index (χ0v) is 9.62. The van der Waals surface area contributed by atoms with Gasteiger partial charge in [0.25, 0.3) is 5.69 Å². The predicted octanol–water partition coefficient (Wildman–Crippen LogP) is 3.08. The molecule has 2 rings (SSSR count). The lowest BCUT2D eigenvalue weighted by Crippen LogP contribution is -2.16. The molecule has 0 aromatic heterocycles. The first-order valence-corrected chi connectivity index (χ1v) is 5.53. The molecule has 86 valence electrons. The third-order valence-electron chi connectivity index (χ3n) is 3.24. The van der Waals surface area contributed by atoms with Gasteiger partial charge in [0.1, 0.15) is 0 Å². The van der Waals surface area contributed by atoms with Crippen molar-refractivity contribution in [1.82, 2.24) is 0 Å². The number of anilines is 1. The summed E-state index contributed by atoms with van der Waals surface area (Å²) in [7, 11) is 0. The van der Waals surface area contributed by atoms with E-state index in [1.165, 1.54) is 0 Å². The van der Waals surface area contributed by atoms with Crippen molar-refractivity contribution in [2.75, 3.05) is 11.9 Å². The van der Waals surface area contributed by atoms with Gasteiger partial charge in [-0.05, 0) is 29.9 Å². The molecule has 1 N–H and O–H groups in total. The Kier molecular flexibility index (Phi) is 2.58. The Bertz CT molecular complexity index is 427. The second-order valence-electron chi connectivity index (χ2n) is 4.90. The van der Waals surface area contributed by atoms with E-state index in [0.717, 1.165) is 30.6 Å². The number of nitrogens with one attached hydrogen (secondary N) is 1. The number of rotatable bonds is 1. The number of nitro groups is 1. The molecule has 0 amide bonds. The molecule has 0 fully saturated rings. The maximum absolute atomic E-state index is 10.8. The van der Waals surface area contributed by atoms with Crippen molar-refractivity contribution in [2.24, 2.45) is 0 Å². The van der Waals surface area contributed by atoms with E-state index in [1.807, 2.05) is 6.07 Å². The third-order valence-corrected chi connectivity index (χ3v) is 3.24. The van der Waals surface area contributed by atoms with Gasteiger partial charge in [0.05, 0.1) is 4.92 Å². The summed E-state index contributed by atoms with van der Waals surface area (Å²) in [4.78, 5) is 10.4. The van der Waals surface area contributed by atoms with Crippen LogP contribution < -0.4 is 5.32 Å². The van der Waals surface area contributed by atoms with Gasteiger partial charge in [-0.15, -0.1) is 0 Å². The lowest BCUT2D eigenvalue weighted by atomic mass is 9.80. The van der Waals surface area contributed by atoms with Gasteiger partial charge in [0.2, 0.25) is 0 Å². The van der Waals surface area contributed by atoms with Crippen LogP contribution >= 0.6 is 0 Å². The highest BCUT2D eigenvalue weighted by molar-refractivity contribution is 5.59. The molecule has 4 nitrogen and oxygen atoms in total. The van der Waals surface area contributed by atoms with E-state index in [9.17, 15) is 10.1 Å². The van der Waals surface area contributed by atoms with E-state index in [4.69, 9.17) is 0 Å². The summed E-state index contributed by atoms with van der Waals surface area (Å²) in [6.45, 7) is 5.22. The van der Waals surface area contributed by atoms with E-state index in [-0.39, 0.29) is 16.0 Å². The molecule has 0 unspecified atom stereocenters. The monoisotopic (exact) mass is 220 g/mol. The van der Waals surface area contributed by atoms with Crippen molar-refractivity contribution in [3.05, 3.63) is 33.9 Å². The summed E-state index contributed by atoms with van der Waals surface area (Å²) >= 11 is 0. The van der Waals surface area contributed by atoms with Crippen LogP contribution in [-0.2, 0) is 5.41 Å². The normalized spacial score (nSPS) is 18.1. The predicted molar refractivity (Wildman–Crippen MR) is 63.8 cm³/mol. The van der Waals surface area contributed by atoms with Crippen molar-refractivity contribution in [3.63, 3.8) is 0 Å². The first kappa shape index (κ1) is 10.9. The molecule has 0 spiro atoms. The van der Waals surface area contributed by atoms with Crippen molar-refractivity contribution in [1.29, 1.82) is 0 Å². The lowest BCUT2D eigenvalue weighted by molar-refractivity contribution is -0.384. The molecule has 0 saturated carbocycles. The highest BCUT2D eigenvalue weighted by Gasteiger charge is 2.27.